The average Bonchev–Trinajstić information content (AvgIpc) is 3.58. The van der Waals surface area contributed by atoms with Crippen LogP contribution in [0.4, 0.5) is 0 Å². The molecule has 1 aliphatic heterocycles. The molecule has 1 heterocycles. The van der Waals surface area contributed by atoms with Crippen molar-refractivity contribution in [2.45, 2.75) is 378 Å². The molecule has 7 atom stereocenters. The summed E-state index contributed by atoms with van der Waals surface area (Å²) in [6.45, 7) is 4.33. The minimum absolute atomic E-state index is 0.00274. The van der Waals surface area contributed by atoms with Crippen LogP contribution in [-0.4, -0.2) is 100 Å². The third-order valence-corrected chi connectivity index (χ3v) is 16.7. The van der Waals surface area contributed by atoms with Crippen molar-refractivity contribution in [2.75, 3.05) is 19.8 Å². The molecule has 0 saturated carbocycles. The van der Waals surface area contributed by atoms with Crippen LogP contribution >= 0.6 is 0 Å². The topological polar surface area (TPSA) is 175 Å². The van der Waals surface area contributed by atoms with Gasteiger partial charge in [0.05, 0.1) is 32.0 Å². The van der Waals surface area contributed by atoms with Gasteiger partial charge >= 0.3 is 5.97 Å². The first kappa shape index (κ1) is 78.6. The predicted molar refractivity (Wildman–Crippen MR) is 347 cm³/mol. The zero-order valence-electron chi connectivity index (χ0n) is 53.9. The average molecular weight is 1170 g/mol. The van der Waals surface area contributed by atoms with E-state index in [1.54, 1.807) is 6.08 Å². The number of hydrogen-bond donors (Lipinski definition) is 6. The van der Waals surface area contributed by atoms with Crippen molar-refractivity contribution < 1.29 is 49.3 Å². The maximum atomic E-state index is 13.0. The summed E-state index contributed by atoms with van der Waals surface area (Å²) in [4.78, 5) is 25.1. The number of carbonyl (C=O) groups is 2. The van der Waals surface area contributed by atoms with Gasteiger partial charge in [-0.1, -0.05) is 281 Å². The van der Waals surface area contributed by atoms with Crippen LogP contribution < -0.4 is 5.32 Å². The summed E-state index contributed by atoms with van der Waals surface area (Å²) < 4.78 is 16.7. The summed E-state index contributed by atoms with van der Waals surface area (Å²) in [5.41, 5.74) is 0. The molecular weight excluding hydrogens is 1040 g/mol. The number of unbranched alkanes of at least 4 members (excludes halogenated alkanes) is 42. The van der Waals surface area contributed by atoms with E-state index in [0.29, 0.717) is 19.4 Å². The fourth-order valence-electron chi connectivity index (χ4n) is 11.0. The maximum Gasteiger partial charge on any atom is 0.305 e. The Hall–Kier alpha value is -2.38. The first-order valence-electron chi connectivity index (χ1n) is 35.4. The highest BCUT2D eigenvalue weighted by Gasteiger charge is 2.44. The molecule has 1 aliphatic rings. The Morgan fingerprint density at radius 1 is 0.446 bits per heavy atom. The highest BCUT2D eigenvalue weighted by atomic mass is 16.7. The molecule has 0 aromatic rings. The van der Waals surface area contributed by atoms with Gasteiger partial charge < -0.3 is 45.1 Å². The SMILES string of the molecule is CCCCCCCC/C=C\CCCCCCCC(=O)OCCCCCCCCCCC/C=C\C/C=C\CCCCCCCCCCCCCCCCCC(=O)NC(COC1OC(CO)C(O)C(O)C1O)C(O)/C=C/CCCCCCCCC. The predicted octanol–water partition coefficient (Wildman–Crippen LogP) is 18.0. The lowest BCUT2D eigenvalue weighted by atomic mass is 9.99. The van der Waals surface area contributed by atoms with Crippen LogP contribution in [0.15, 0.2) is 48.6 Å². The first-order valence-corrected chi connectivity index (χ1v) is 35.4. The molecule has 0 aliphatic carbocycles. The summed E-state index contributed by atoms with van der Waals surface area (Å²) in [5, 5.41) is 54.3. The fraction of sp³-hybridized carbons (Fsp3) is 0.861. The number of ether oxygens (including phenoxy) is 3. The minimum Gasteiger partial charge on any atom is -0.466 e. The first-order chi connectivity index (χ1) is 40.7. The molecule has 0 radical (unpaired) electrons. The van der Waals surface area contributed by atoms with Crippen LogP contribution in [-0.2, 0) is 23.8 Å². The van der Waals surface area contributed by atoms with Gasteiger partial charge in [-0.15, -0.1) is 0 Å². The van der Waals surface area contributed by atoms with E-state index in [1.807, 2.05) is 6.08 Å². The third kappa shape index (κ3) is 50.3. The van der Waals surface area contributed by atoms with Gasteiger partial charge in [-0.05, 0) is 89.9 Å². The Kier molecular flexibility index (Phi) is 58.0. The van der Waals surface area contributed by atoms with Crippen LogP contribution in [0.3, 0.4) is 0 Å². The smallest absolute Gasteiger partial charge is 0.305 e. The molecule has 11 nitrogen and oxygen atoms in total. The molecule has 1 fully saturated rings. The van der Waals surface area contributed by atoms with Gasteiger partial charge in [-0.2, -0.15) is 0 Å². The molecular formula is C72H133NO10. The number of carbonyl (C=O) groups excluding carboxylic acids is 2. The third-order valence-electron chi connectivity index (χ3n) is 16.7. The van der Waals surface area contributed by atoms with Gasteiger partial charge in [0, 0.05) is 12.8 Å². The van der Waals surface area contributed by atoms with Gasteiger partial charge in [0.2, 0.25) is 5.91 Å². The van der Waals surface area contributed by atoms with E-state index in [4.69, 9.17) is 14.2 Å². The van der Waals surface area contributed by atoms with Crippen LogP contribution in [0.1, 0.15) is 335 Å². The molecule has 11 heteroatoms. The van der Waals surface area contributed by atoms with E-state index in [1.165, 1.54) is 244 Å². The Morgan fingerprint density at radius 3 is 1.23 bits per heavy atom. The molecule has 7 unspecified atom stereocenters. The normalized spacial score (nSPS) is 18.4. The van der Waals surface area contributed by atoms with Crippen LogP contribution in [0.25, 0.3) is 0 Å². The Labute approximate surface area is 510 Å². The monoisotopic (exact) mass is 1170 g/mol. The summed E-state index contributed by atoms with van der Waals surface area (Å²) >= 11 is 0. The Morgan fingerprint density at radius 2 is 0.807 bits per heavy atom. The number of hydrogen-bond acceptors (Lipinski definition) is 10. The summed E-state index contributed by atoms with van der Waals surface area (Å²) in [6, 6.07) is -0.809. The lowest BCUT2D eigenvalue weighted by Gasteiger charge is -2.40. The van der Waals surface area contributed by atoms with Gasteiger partial charge in [-0.25, -0.2) is 0 Å². The van der Waals surface area contributed by atoms with Crippen molar-refractivity contribution in [3.63, 3.8) is 0 Å². The van der Waals surface area contributed by atoms with Crippen molar-refractivity contribution in [1.29, 1.82) is 0 Å². The Bertz CT molecular complexity index is 1520. The lowest BCUT2D eigenvalue weighted by Crippen LogP contribution is -2.60. The van der Waals surface area contributed by atoms with E-state index >= 15 is 0 Å². The maximum absolute atomic E-state index is 13.0. The molecule has 83 heavy (non-hydrogen) atoms. The van der Waals surface area contributed by atoms with E-state index in [9.17, 15) is 35.1 Å². The highest BCUT2D eigenvalue weighted by molar-refractivity contribution is 5.76. The van der Waals surface area contributed by atoms with Crippen LogP contribution in [0.2, 0.25) is 0 Å². The summed E-state index contributed by atoms with van der Waals surface area (Å²) in [6.07, 6.45) is 69.8. The molecule has 0 bridgehead atoms. The van der Waals surface area contributed by atoms with Crippen LogP contribution in [0, 0.1) is 0 Å². The largest absolute Gasteiger partial charge is 0.466 e. The second kappa shape index (κ2) is 61.3. The molecule has 6 N–H and O–H groups in total. The van der Waals surface area contributed by atoms with E-state index in [0.717, 1.165) is 64.2 Å². The zero-order valence-corrected chi connectivity index (χ0v) is 53.9. The lowest BCUT2D eigenvalue weighted by molar-refractivity contribution is -0.302. The van der Waals surface area contributed by atoms with Crippen molar-refractivity contribution in [3.05, 3.63) is 48.6 Å². The van der Waals surface area contributed by atoms with Crippen molar-refractivity contribution >= 4 is 11.9 Å². The number of rotatable bonds is 62. The summed E-state index contributed by atoms with van der Waals surface area (Å²) in [5.74, 6) is -0.185. The van der Waals surface area contributed by atoms with Crippen LogP contribution in [0.5, 0.6) is 0 Å². The van der Waals surface area contributed by atoms with Gasteiger partial charge in [-0.3, -0.25) is 9.59 Å². The number of aliphatic hydroxyl groups excluding tert-OH is 5. The van der Waals surface area contributed by atoms with Gasteiger partial charge in [0.15, 0.2) is 6.29 Å². The minimum atomic E-state index is -1.57. The number of amides is 1. The zero-order chi connectivity index (χ0) is 60.2. The standard InChI is InChI=1S/C72H133NO10/c1-3-5-7-9-11-13-14-15-33-37-40-44-48-52-56-60-68(77)81-61-57-53-49-45-41-38-35-32-30-28-26-24-22-20-18-16-17-19-21-23-25-27-29-31-34-36-39-43-47-51-55-59-67(76)73-64(65(75)58-54-50-46-42-12-10-8-6-4-2)63-82-72-71(80)70(79)69(78)66(62-74)83-72/h15,18,20,24,26,33,54,58,64-66,69-72,74-75,78-80H,3-14,16-17,19,21-23,25,27-32,34-53,55-57,59-63H2,1-2H3,(H,73,76)/b20-18-,26-24-,33-15-,58-54+. The molecule has 1 rings (SSSR count). The number of nitrogens with one attached hydrogen (secondary N) is 1. The quantitative estimate of drug-likeness (QED) is 0.0195. The van der Waals surface area contributed by atoms with Crippen molar-refractivity contribution in [1.82, 2.24) is 5.32 Å². The molecule has 1 amide bonds. The molecule has 0 aromatic heterocycles. The van der Waals surface area contributed by atoms with E-state index in [2.05, 4.69) is 55.6 Å². The van der Waals surface area contributed by atoms with E-state index < -0.39 is 49.5 Å². The number of esters is 1. The van der Waals surface area contributed by atoms with Crippen molar-refractivity contribution in [2.24, 2.45) is 0 Å². The van der Waals surface area contributed by atoms with E-state index in [-0.39, 0.29) is 18.5 Å². The highest BCUT2D eigenvalue weighted by Crippen LogP contribution is 2.23. The van der Waals surface area contributed by atoms with Crippen molar-refractivity contribution in [3.8, 4) is 0 Å². The number of aliphatic hydroxyl groups is 5. The molecule has 0 spiro atoms. The summed E-state index contributed by atoms with van der Waals surface area (Å²) in [7, 11) is 0. The molecule has 0 aromatic carbocycles. The Balaban J connectivity index is 1.93. The fourth-order valence-corrected chi connectivity index (χ4v) is 11.0. The second-order valence-electron chi connectivity index (χ2n) is 24.6. The van der Waals surface area contributed by atoms with Gasteiger partial charge in [0.25, 0.3) is 0 Å². The second-order valence-corrected chi connectivity index (χ2v) is 24.6. The van der Waals surface area contributed by atoms with Gasteiger partial charge in [0.1, 0.15) is 24.4 Å². The molecule has 486 valence electrons. The molecule has 1 saturated heterocycles. The number of allylic oxidation sites excluding steroid dienone is 7.